The van der Waals surface area contributed by atoms with Crippen LogP contribution in [-0.4, -0.2) is 55.6 Å². The van der Waals surface area contributed by atoms with Crippen LogP contribution >= 0.6 is 23.2 Å². The lowest BCUT2D eigenvalue weighted by Crippen LogP contribution is -3.00. The maximum atomic E-state index is 10.3. The predicted molar refractivity (Wildman–Crippen MR) is 168 cm³/mol. The minimum absolute atomic E-state index is 0. The van der Waals surface area contributed by atoms with Gasteiger partial charge in [-0.2, -0.15) is 0 Å². The number of unbranched alkanes of at least 4 members (excludes halogenated alkanes) is 15. The van der Waals surface area contributed by atoms with Crippen molar-refractivity contribution in [1.29, 1.82) is 0 Å². The lowest BCUT2D eigenvalue weighted by atomic mass is 10.1. The highest BCUT2D eigenvalue weighted by molar-refractivity contribution is 6.40. The van der Waals surface area contributed by atoms with E-state index in [2.05, 4.69) is 42.6 Å². The molecule has 0 atom stereocenters. The smallest absolute Gasteiger partial charge is 0.311 e. The summed E-state index contributed by atoms with van der Waals surface area (Å²) in [5.41, 5.74) is 7.73. The van der Waals surface area contributed by atoms with E-state index in [0.717, 1.165) is 0 Å². The van der Waals surface area contributed by atoms with Gasteiger partial charge in [0.15, 0.2) is 0 Å². The van der Waals surface area contributed by atoms with Crippen molar-refractivity contribution in [2.24, 2.45) is 5.11 Å². The largest absolute Gasteiger partial charge is 1.00 e. The van der Waals surface area contributed by atoms with E-state index < -0.39 is 5.97 Å². The first-order valence-electron chi connectivity index (χ1n) is 15.5. The summed E-state index contributed by atoms with van der Waals surface area (Å²) < 4.78 is 5.80. The van der Waals surface area contributed by atoms with Crippen LogP contribution in [0.3, 0.4) is 0 Å². The van der Waals surface area contributed by atoms with Crippen molar-refractivity contribution in [2.75, 3.05) is 45.2 Å². The third-order valence-electron chi connectivity index (χ3n) is 6.72. The fraction of sp³-hybridized carbons (Fsp3) is 0.967. The van der Waals surface area contributed by atoms with Gasteiger partial charge in [0.2, 0.25) is 0 Å². The van der Waals surface area contributed by atoms with E-state index in [9.17, 15) is 4.79 Å². The molecule has 0 rings (SSSR count). The third kappa shape index (κ3) is 42.2. The summed E-state index contributed by atoms with van der Waals surface area (Å²) in [7, 11) is 2.56. The number of carbonyl (C=O) groups excluding carboxylic acids is 1. The standard InChI is InChI=1S/C25H54N.C4H7N3O2.CH2Cl2.ClH/c1-5-8-11-14-17-20-23-26(4,24-21-18-15-12-9-6-2)25-22-19-16-13-10-7-3;1-2-9-4(8)3-6-7-5;2-1-3;/h5-25H2,1-4H3;2-3H2,1H3;1H2;1H/q+1;;;/p-1. The Morgan fingerprint density at radius 1 is 0.692 bits per heavy atom. The number of halogens is 3. The van der Waals surface area contributed by atoms with Gasteiger partial charge in [-0.05, 0) is 51.0 Å². The molecule has 0 aliphatic heterocycles. The van der Waals surface area contributed by atoms with Crippen LogP contribution in [0.4, 0.5) is 0 Å². The molecular weight excluding hydrogens is 555 g/mol. The van der Waals surface area contributed by atoms with E-state index in [4.69, 9.17) is 28.7 Å². The first-order valence-corrected chi connectivity index (χ1v) is 16.6. The predicted octanol–water partition coefficient (Wildman–Crippen LogP) is 7.80. The molecule has 0 amide bonds. The second kappa shape index (κ2) is 39.8. The summed E-state index contributed by atoms with van der Waals surface area (Å²) in [6, 6.07) is 0. The van der Waals surface area contributed by atoms with Gasteiger partial charge in [0.1, 0.15) is 6.54 Å². The van der Waals surface area contributed by atoms with E-state index in [1.54, 1.807) is 6.92 Å². The SMILES string of the molecule is CCCCCCCC[N+](C)(CCCCCCCC)CCCCCCCC.CCOC(=O)CN=[N+]=[N-].ClCCl.[Cl-]. The van der Waals surface area contributed by atoms with Gasteiger partial charge >= 0.3 is 5.97 Å². The lowest BCUT2D eigenvalue weighted by Gasteiger charge is -2.35. The van der Waals surface area contributed by atoms with Gasteiger partial charge < -0.3 is 21.6 Å². The highest BCUT2D eigenvalue weighted by Crippen LogP contribution is 2.16. The van der Waals surface area contributed by atoms with Gasteiger partial charge in [-0.1, -0.05) is 103 Å². The number of rotatable bonds is 24. The van der Waals surface area contributed by atoms with Crippen LogP contribution in [0.25, 0.3) is 10.4 Å². The van der Waals surface area contributed by atoms with Gasteiger partial charge in [-0.3, -0.25) is 4.79 Å². The first-order chi connectivity index (χ1) is 18.4. The minimum Gasteiger partial charge on any atom is -1.00 e. The Morgan fingerprint density at radius 3 is 1.28 bits per heavy atom. The average Bonchev–Trinajstić information content (AvgIpc) is 2.90. The number of alkyl halides is 2. The lowest BCUT2D eigenvalue weighted by molar-refractivity contribution is -0.910. The normalized spacial score (nSPS) is 10.2. The highest BCUT2D eigenvalue weighted by Gasteiger charge is 2.20. The third-order valence-corrected chi connectivity index (χ3v) is 6.72. The summed E-state index contributed by atoms with van der Waals surface area (Å²) in [6.07, 6.45) is 25.9. The molecule has 0 spiro atoms. The number of nitrogens with zero attached hydrogens (tertiary/aromatic N) is 4. The molecule has 0 heterocycles. The van der Waals surface area contributed by atoms with Crippen molar-refractivity contribution >= 4 is 29.2 Å². The van der Waals surface area contributed by atoms with Gasteiger partial charge in [0.05, 0.1) is 38.6 Å². The molecule has 0 aliphatic rings. The fourth-order valence-corrected chi connectivity index (χ4v) is 4.45. The van der Waals surface area contributed by atoms with Gasteiger partial charge in [-0.15, -0.1) is 23.2 Å². The van der Waals surface area contributed by atoms with E-state index in [1.165, 1.54) is 140 Å². The molecule has 0 aliphatic carbocycles. The monoisotopic (exact) mass is 616 g/mol. The zero-order valence-electron chi connectivity index (χ0n) is 26.2. The number of azide groups is 1. The van der Waals surface area contributed by atoms with Crippen LogP contribution < -0.4 is 12.4 Å². The number of ether oxygens (including phenoxy) is 1. The maximum absolute atomic E-state index is 10.3. The van der Waals surface area contributed by atoms with E-state index in [0.29, 0.717) is 6.61 Å². The number of hydrogen-bond donors (Lipinski definition) is 0. The molecule has 0 saturated heterocycles. The van der Waals surface area contributed by atoms with E-state index in [-0.39, 0.29) is 24.3 Å². The summed E-state index contributed by atoms with van der Waals surface area (Å²) in [5.74, 6) is -0.490. The molecular formula is C30H63Cl3N4O2. The molecule has 236 valence electrons. The van der Waals surface area contributed by atoms with Crippen LogP contribution in [0.15, 0.2) is 5.11 Å². The molecule has 0 aromatic heterocycles. The molecule has 0 bridgehead atoms. The number of quaternary nitrogens is 1. The minimum atomic E-state index is -0.490. The molecule has 9 heteroatoms. The molecule has 6 nitrogen and oxygen atoms in total. The Morgan fingerprint density at radius 2 is 1.00 bits per heavy atom. The molecule has 0 radical (unpaired) electrons. The van der Waals surface area contributed by atoms with Crippen molar-refractivity contribution < 1.29 is 26.4 Å². The van der Waals surface area contributed by atoms with Gasteiger partial charge in [-0.25, -0.2) is 0 Å². The molecule has 0 fully saturated rings. The van der Waals surface area contributed by atoms with Crippen molar-refractivity contribution in [2.45, 2.75) is 143 Å². The van der Waals surface area contributed by atoms with Crippen LogP contribution in [0.2, 0.25) is 0 Å². The molecule has 0 N–H and O–H groups in total. The van der Waals surface area contributed by atoms with Crippen molar-refractivity contribution in [3.8, 4) is 0 Å². The maximum Gasteiger partial charge on any atom is 0.311 e. The summed E-state index contributed by atoms with van der Waals surface area (Å²) >= 11 is 9.53. The van der Waals surface area contributed by atoms with E-state index in [1.807, 2.05) is 0 Å². The Labute approximate surface area is 258 Å². The molecule has 0 saturated carbocycles. The zero-order valence-corrected chi connectivity index (χ0v) is 28.5. The average molecular weight is 618 g/mol. The highest BCUT2D eigenvalue weighted by atomic mass is 35.5. The Bertz CT molecular complexity index is 482. The summed E-state index contributed by atoms with van der Waals surface area (Å²) in [5, 5.41) is 3.19. The second-order valence-electron chi connectivity index (χ2n) is 10.4. The molecule has 39 heavy (non-hydrogen) atoms. The van der Waals surface area contributed by atoms with Crippen LogP contribution in [0.1, 0.15) is 143 Å². The number of hydrogen-bond acceptors (Lipinski definition) is 3. The number of esters is 1. The van der Waals surface area contributed by atoms with Crippen molar-refractivity contribution in [1.82, 2.24) is 0 Å². The first kappa shape index (κ1) is 45.6. The Hall–Kier alpha value is -0.390. The zero-order chi connectivity index (χ0) is 29.2. The summed E-state index contributed by atoms with van der Waals surface area (Å²) in [6.45, 7) is 13.0. The second-order valence-corrected chi connectivity index (χ2v) is 11.2. The molecule has 0 unspecified atom stereocenters. The molecule has 0 aromatic carbocycles. The number of carbonyl (C=O) groups is 1. The quantitative estimate of drug-likeness (QED) is 0.0211. The molecule has 0 aromatic rings. The summed E-state index contributed by atoms with van der Waals surface area (Å²) in [4.78, 5) is 12.7. The fourth-order valence-electron chi connectivity index (χ4n) is 4.45. The Balaban J connectivity index is -0.000000393. The van der Waals surface area contributed by atoms with Crippen molar-refractivity contribution in [3.05, 3.63) is 10.4 Å². The van der Waals surface area contributed by atoms with Crippen LogP contribution in [0.5, 0.6) is 0 Å². The Kier molecular flexibility index (Phi) is 46.5. The van der Waals surface area contributed by atoms with Crippen LogP contribution in [0, 0.1) is 0 Å². The van der Waals surface area contributed by atoms with Gasteiger partial charge in [0.25, 0.3) is 0 Å². The van der Waals surface area contributed by atoms with E-state index >= 15 is 0 Å². The van der Waals surface area contributed by atoms with Crippen molar-refractivity contribution in [3.63, 3.8) is 0 Å². The van der Waals surface area contributed by atoms with Crippen LogP contribution in [-0.2, 0) is 9.53 Å². The van der Waals surface area contributed by atoms with Gasteiger partial charge in [0, 0.05) is 4.91 Å². The topological polar surface area (TPSA) is 75.1 Å².